The third kappa shape index (κ3) is 19.6. The van der Waals surface area contributed by atoms with E-state index < -0.39 is 272 Å². The Hall–Kier alpha value is -11.2. The molecule has 8 heterocycles. The van der Waals surface area contributed by atoms with Crippen LogP contribution in [0.1, 0.15) is 159 Å². The van der Waals surface area contributed by atoms with E-state index in [2.05, 4.69) is 35.1 Å². The summed E-state index contributed by atoms with van der Waals surface area (Å²) < 4.78 is 44.4. The maximum Gasteiger partial charge on any atom is 0.335 e. The number of ketones is 3. The summed E-state index contributed by atoms with van der Waals surface area (Å²) in [6, 6.07) is 12.4. The fourth-order valence-electron chi connectivity index (χ4n) is 16.2. The standard InChI is InChI=1S/C87H93Cl2N5O29/c1-37(2)11-9-7-5-6-8-10-12-43(96)29-52-73(104)76(107)79(85(115)116)123-86(52)122-78-63-27-42-28-64(78)119-60-22-17-41(25-53(60)88)72(103)70-82(111)92-69(84(113)114)51-30-44(97)31-62(120-87-77(108)75(106)74(105)65(36-95)121-87)66(51)50-24-39(15-20-55(50)98)47(80(109)93-70)34-59(102)68(42)91-81(110)49-35-57(100)54(23-38-13-18-45(117-63)19-14-38)90-83(112)71(94(3)4)40-16-21-56(99)61(26-40)118-46-32-48(49)67(89)58(101)33-46/h13-22,24-28,30-33,37,47,49,52,54,65,68-77,79,86-87,95,97-99,101,103-108H,5-12,23,29,34-36H2,1-4H3,(H,90,112)(H,91,110)(H,92,111)(H,93,109)(H,113,114)(H,115,116)/t47-,49+,52-,54-,65-,68-,69+,70+,71-,72-,73-,74-,75+,76+,77+,79+,86-,87+/m1/s1. The summed E-state index contributed by atoms with van der Waals surface area (Å²) in [6.45, 7) is 3.30. The smallest absolute Gasteiger partial charge is 0.335 e. The number of rotatable bonds is 19. The van der Waals surface area contributed by atoms with E-state index in [4.69, 9.17) is 56.4 Å². The molecule has 0 spiro atoms. The van der Waals surface area contributed by atoms with Gasteiger partial charge < -0.3 is 121 Å². The van der Waals surface area contributed by atoms with E-state index in [0.717, 1.165) is 98.8 Å². The van der Waals surface area contributed by atoms with Gasteiger partial charge in [0, 0.05) is 54.5 Å². The van der Waals surface area contributed by atoms with Crippen LogP contribution in [0.2, 0.25) is 10.0 Å². The number of carboxylic acids is 2. The number of nitrogens with zero attached hydrogens (tertiary/aromatic N) is 1. The molecule has 17 bridgehead atoms. The third-order valence-corrected chi connectivity index (χ3v) is 23.5. The first-order valence-electron chi connectivity index (χ1n) is 39.9. The minimum atomic E-state index is -2.41. The lowest BCUT2D eigenvalue weighted by Gasteiger charge is -2.41. The van der Waals surface area contributed by atoms with Crippen molar-refractivity contribution in [1.82, 2.24) is 26.2 Å². The highest BCUT2D eigenvalue weighted by Gasteiger charge is 2.51. The second-order valence-corrected chi connectivity index (χ2v) is 32.9. The first kappa shape index (κ1) is 89.5. The van der Waals surface area contributed by atoms with E-state index in [0.29, 0.717) is 24.3 Å². The van der Waals surface area contributed by atoms with Gasteiger partial charge in [0.25, 0.3) is 0 Å². The summed E-state index contributed by atoms with van der Waals surface area (Å²) in [6.07, 6.45) is -18.2. The zero-order chi connectivity index (χ0) is 88.4. The van der Waals surface area contributed by atoms with E-state index in [1.54, 1.807) is 14.1 Å². The number of fused-ring (bicyclic) bond motifs is 14. The normalized spacial score (nSPS) is 26.6. The number of hydrogen-bond donors (Lipinski definition) is 17. The summed E-state index contributed by atoms with van der Waals surface area (Å²) in [4.78, 5) is 138. The number of carbonyl (C=O) groups is 9. The molecule has 4 amide bonds. The van der Waals surface area contributed by atoms with Crippen molar-refractivity contribution in [3.05, 3.63) is 164 Å². The van der Waals surface area contributed by atoms with Crippen LogP contribution in [0.4, 0.5) is 0 Å². The lowest BCUT2D eigenvalue weighted by atomic mass is 9.84. The number of benzene rings is 7. The Labute approximate surface area is 712 Å². The number of nitrogens with one attached hydrogen (secondary N) is 4. The van der Waals surface area contributed by atoms with Crippen LogP contribution in [0.3, 0.4) is 0 Å². The number of phenols is 4. The molecule has 0 unspecified atom stereocenters. The fraction of sp³-hybridized carbons (Fsp3) is 0.414. The highest BCUT2D eigenvalue weighted by molar-refractivity contribution is 6.33. The number of halogens is 2. The highest BCUT2D eigenvalue weighted by Crippen LogP contribution is 2.52. The van der Waals surface area contributed by atoms with Crippen molar-refractivity contribution < 1.29 is 143 Å². The van der Waals surface area contributed by atoms with Crippen LogP contribution in [0.15, 0.2) is 115 Å². The number of hydrogen-bond acceptors (Lipinski definition) is 28. The molecule has 2 saturated heterocycles. The zero-order valence-corrected chi connectivity index (χ0v) is 68.2. The molecular weight excluding hydrogens is 1650 g/mol. The molecule has 34 nitrogen and oxygen atoms in total. The van der Waals surface area contributed by atoms with Crippen LogP contribution in [0.25, 0.3) is 11.1 Å². The van der Waals surface area contributed by atoms with Gasteiger partial charge in [-0.1, -0.05) is 106 Å². The van der Waals surface area contributed by atoms with E-state index in [1.165, 1.54) is 53.4 Å². The molecule has 7 aromatic rings. The van der Waals surface area contributed by atoms with Crippen molar-refractivity contribution in [3.63, 3.8) is 0 Å². The van der Waals surface area contributed by atoms with E-state index in [-0.39, 0.29) is 52.3 Å². The fourth-order valence-corrected chi connectivity index (χ4v) is 16.7. The number of ether oxygens (including phenoxy) is 7. The average molecular weight is 1740 g/mol. The van der Waals surface area contributed by atoms with E-state index >= 15 is 28.8 Å². The number of aliphatic hydroxyl groups excluding tert-OH is 7. The van der Waals surface area contributed by atoms with Gasteiger partial charge in [-0.15, -0.1) is 0 Å². The number of aliphatic carboxylic acids is 2. The number of Topliss-reactive ketones (excluding diaryl/α,β-unsaturated/α-hetero) is 3. The van der Waals surface area contributed by atoms with E-state index in [9.17, 15) is 80.8 Å². The van der Waals surface area contributed by atoms with Gasteiger partial charge >= 0.3 is 11.9 Å². The van der Waals surface area contributed by atoms with Gasteiger partial charge in [0.05, 0.1) is 46.6 Å². The van der Waals surface area contributed by atoms with Crippen molar-refractivity contribution >= 4 is 76.1 Å². The van der Waals surface area contributed by atoms with Crippen molar-refractivity contribution in [2.45, 2.75) is 194 Å². The molecule has 0 aliphatic carbocycles. The zero-order valence-electron chi connectivity index (χ0n) is 66.7. The Balaban J connectivity index is 1.04. The van der Waals surface area contributed by atoms with Crippen LogP contribution in [-0.4, -0.2) is 212 Å². The molecule has 0 aromatic heterocycles. The van der Waals surface area contributed by atoms with Gasteiger partial charge in [-0.05, 0) is 139 Å². The number of carboxylic acid groups (broad SMARTS) is 2. The molecule has 18 atom stereocenters. The predicted octanol–water partition coefficient (Wildman–Crippen LogP) is 7.39. The predicted molar refractivity (Wildman–Crippen MR) is 432 cm³/mol. The summed E-state index contributed by atoms with van der Waals surface area (Å²) in [7, 11) is 3.13. The number of unbranched alkanes of at least 4 members (excludes halogenated alkanes) is 5. The second-order valence-electron chi connectivity index (χ2n) is 32.1. The summed E-state index contributed by atoms with van der Waals surface area (Å²) >= 11 is 14.3. The molecule has 15 rings (SSSR count). The number of amides is 4. The molecule has 123 heavy (non-hydrogen) atoms. The molecule has 8 aliphatic rings. The van der Waals surface area contributed by atoms with Crippen molar-refractivity contribution in [3.8, 4) is 80.1 Å². The van der Waals surface area contributed by atoms with Crippen LogP contribution in [-0.2, 0) is 59.0 Å². The van der Waals surface area contributed by atoms with Gasteiger partial charge in [-0.3, -0.25) is 38.5 Å². The lowest BCUT2D eigenvalue weighted by Crippen LogP contribution is -2.60. The second kappa shape index (κ2) is 37.8. The number of aliphatic hydroxyl groups is 7. The maximum absolute atomic E-state index is 16.8. The number of phenolic OH excluding ortho intramolecular Hbond substituents is 4. The Kier molecular flexibility index (Phi) is 27.5. The van der Waals surface area contributed by atoms with Crippen LogP contribution < -0.4 is 45.0 Å². The minimum absolute atomic E-state index is 0.0311. The number of likely N-dealkylation sites (N-methyl/N-ethyl adjacent to an activating group) is 1. The van der Waals surface area contributed by atoms with Gasteiger partial charge in [0.1, 0.15) is 101 Å². The highest BCUT2D eigenvalue weighted by atomic mass is 35.5. The number of carbonyl (C=O) groups excluding carboxylic acids is 7. The monoisotopic (exact) mass is 1740 g/mol. The molecule has 7 aromatic carbocycles. The molecule has 2 fully saturated rings. The quantitative estimate of drug-likeness (QED) is 0.0351. The van der Waals surface area contributed by atoms with Crippen molar-refractivity contribution in [2.75, 3.05) is 20.7 Å². The molecule has 36 heteroatoms. The van der Waals surface area contributed by atoms with Gasteiger partial charge in [0.15, 0.2) is 46.7 Å². The summed E-state index contributed by atoms with van der Waals surface area (Å²) in [5, 5.41) is 158. The van der Waals surface area contributed by atoms with E-state index in [1.807, 2.05) is 0 Å². The molecule has 654 valence electrons. The lowest BCUT2D eigenvalue weighted by molar-refractivity contribution is -0.277. The molecule has 17 N–H and O–H groups in total. The summed E-state index contributed by atoms with van der Waals surface area (Å²) in [5.74, 6) is -22.8. The molecule has 0 saturated carbocycles. The molecule has 0 radical (unpaired) electrons. The van der Waals surface area contributed by atoms with Gasteiger partial charge in [-0.2, -0.15) is 0 Å². The minimum Gasteiger partial charge on any atom is -0.508 e. The Morgan fingerprint density at radius 2 is 1.20 bits per heavy atom. The van der Waals surface area contributed by atoms with Gasteiger partial charge in [0.2, 0.25) is 42.0 Å². The van der Waals surface area contributed by atoms with Crippen LogP contribution >= 0.6 is 23.2 Å². The Bertz CT molecular complexity index is 5220. The van der Waals surface area contributed by atoms with Crippen molar-refractivity contribution in [1.29, 1.82) is 0 Å². The van der Waals surface area contributed by atoms with Crippen molar-refractivity contribution in [2.24, 2.45) is 11.8 Å². The third-order valence-electron chi connectivity index (χ3n) is 22.8. The first-order chi connectivity index (χ1) is 58.5. The van der Waals surface area contributed by atoms with Crippen LogP contribution in [0, 0.1) is 11.8 Å². The topological polar surface area (TPSA) is 533 Å². The van der Waals surface area contributed by atoms with Crippen LogP contribution in [0.5, 0.6) is 69.0 Å². The maximum atomic E-state index is 16.8. The Morgan fingerprint density at radius 3 is 1.89 bits per heavy atom. The average Bonchev–Trinajstić information content (AvgIpc) is 0.767. The first-order valence-corrected chi connectivity index (χ1v) is 40.7. The summed E-state index contributed by atoms with van der Waals surface area (Å²) in [5.41, 5.74) is -2.63. The number of aromatic hydroxyl groups is 4. The van der Waals surface area contributed by atoms with Gasteiger partial charge in [-0.25, -0.2) is 9.59 Å². The molecular formula is C87H93Cl2N5O29. The largest absolute Gasteiger partial charge is 0.508 e. The molecule has 8 aliphatic heterocycles. The SMILES string of the molecule is CC(C)CCCCCCCCC(=O)C[C@H]1[C@H](Oc2c3cc4cc2Oc2ccc(cc2Cl)[C@@H](O)[C@@H]2NC(=O)[C@H](CC(=O)[C@@H]4NC(=O)[C@H]4CC(=O)[C@@H](Cc5ccc(cc5)O3)NC(=O)[C@H](N(C)C)c3ccc(O)c(c3)Oc3cc(O)c(Cl)c4c3)c3ccc(O)c(c3)-c3c(O[C@H]4O[C@H](CO)[C@@H](O)[C@H](O)[C@@H]4O)cc(O)cc3[C@@H](C(=O)O)NC2=O)O[C@H](C(=O)O)[C@@H](O)[C@@H]1O. The Morgan fingerprint density at radius 1 is 0.545 bits per heavy atom.